The van der Waals surface area contributed by atoms with Crippen molar-refractivity contribution in [2.45, 2.75) is 32.4 Å². The lowest BCUT2D eigenvalue weighted by atomic mass is 10.0. The molecule has 1 atom stereocenters. The maximum Gasteiger partial charge on any atom is 0.243 e. The Morgan fingerprint density at radius 3 is 2.16 bits per heavy atom. The molecule has 2 amide bonds. The fraction of sp³-hybridized carbons (Fsp3) is 0.231. The Morgan fingerprint density at radius 1 is 0.906 bits per heavy atom. The van der Waals surface area contributed by atoms with Gasteiger partial charge in [0.2, 0.25) is 11.8 Å². The Kier molecular flexibility index (Phi) is 8.40. The molecule has 3 rings (SSSR count). The number of hydrogen-bond acceptors (Lipinski definition) is 2. The molecule has 0 aliphatic heterocycles. The van der Waals surface area contributed by atoms with Gasteiger partial charge in [-0.2, -0.15) is 0 Å². The van der Waals surface area contributed by atoms with Crippen LogP contribution in [0.4, 0.5) is 4.39 Å². The SMILES string of the molecule is CCNC(=O)[C@H](Cc1ccccc1)N(Cc1ccc(Cl)cc1)C(=O)Cc1ccc(F)cc1. The molecule has 0 aliphatic rings. The molecule has 3 aromatic carbocycles. The van der Waals surface area contributed by atoms with Crippen LogP contribution in [0, 0.1) is 5.82 Å². The van der Waals surface area contributed by atoms with Crippen molar-refractivity contribution >= 4 is 23.4 Å². The summed E-state index contributed by atoms with van der Waals surface area (Å²) in [5.74, 6) is -0.778. The lowest BCUT2D eigenvalue weighted by Gasteiger charge is -2.31. The zero-order chi connectivity index (χ0) is 22.9. The molecule has 166 valence electrons. The molecule has 0 saturated carbocycles. The lowest BCUT2D eigenvalue weighted by Crippen LogP contribution is -2.50. The van der Waals surface area contributed by atoms with Crippen LogP contribution in [-0.4, -0.2) is 29.3 Å². The molecule has 0 saturated heterocycles. The van der Waals surface area contributed by atoms with Gasteiger partial charge >= 0.3 is 0 Å². The maximum absolute atomic E-state index is 13.4. The predicted molar refractivity (Wildman–Crippen MR) is 125 cm³/mol. The normalized spacial score (nSPS) is 11.6. The summed E-state index contributed by atoms with van der Waals surface area (Å²) in [6.07, 6.45) is 0.452. The Hall–Kier alpha value is -3.18. The third kappa shape index (κ3) is 6.66. The number of benzene rings is 3. The number of hydrogen-bond donors (Lipinski definition) is 1. The molecule has 3 aromatic rings. The van der Waals surface area contributed by atoms with Gasteiger partial charge in [0, 0.05) is 24.5 Å². The van der Waals surface area contributed by atoms with E-state index in [9.17, 15) is 14.0 Å². The highest BCUT2D eigenvalue weighted by molar-refractivity contribution is 6.30. The first-order valence-corrected chi connectivity index (χ1v) is 10.9. The Bertz CT molecular complexity index is 1020. The molecule has 1 N–H and O–H groups in total. The van der Waals surface area contributed by atoms with Crippen molar-refractivity contribution in [3.05, 3.63) is 106 Å². The van der Waals surface area contributed by atoms with Crippen molar-refractivity contribution in [3.63, 3.8) is 0 Å². The van der Waals surface area contributed by atoms with Crippen LogP contribution in [0.25, 0.3) is 0 Å². The fourth-order valence-corrected chi connectivity index (χ4v) is 3.64. The first-order chi connectivity index (χ1) is 15.5. The molecule has 0 radical (unpaired) electrons. The van der Waals surface area contributed by atoms with E-state index in [1.807, 2.05) is 49.4 Å². The van der Waals surface area contributed by atoms with E-state index < -0.39 is 6.04 Å². The fourth-order valence-electron chi connectivity index (χ4n) is 3.51. The minimum absolute atomic E-state index is 0.0680. The summed E-state index contributed by atoms with van der Waals surface area (Å²) in [4.78, 5) is 28.1. The summed E-state index contributed by atoms with van der Waals surface area (Å²) < 4.78 is 13.3. The highest BCUT2D eigenvalue weighted by atomic mass is 35.5. The summed E-state index contributed by atoms with van der Waals surface area (Å²) in [7, 11) is 0. The largest absolute Gasteiger partial charge is 0.355 e. The van der Waals surface area contributed by atoms with Gasteiger partial charge in [-0.15, -0.1) is 0 Å². The van der Waals surface area contributed by atoms with Crippen molar-refractivity contribution < 1.29 is 14.0 Å². The van der Waals surface area contributed by atoms with Gasteiger partial charge in [0.15, 0.2) is 0 Å². The van der Waals surface area contributed by atoms with Crippen LogP contribution in [0.5, 0.6) is 0 Å². The number of rotatable bonds is 9. The van der Waals surface area contributed by atoms with E-state index in [0.29, 0.717) is 23.6 Å². The van der Waals surface area contributed by atoms with Crippen LogP contribution in [0.3, 0.4) is 0 Å². The molecule has 0 spiro atoms. The van der Waals surface area contributed by atoms with E-state index in [1.54, 1.807) is 29.2 Å². The smallest absolute Gasteiger partial charge is 0.243 e. The number of nitrogens with zero attached hydrogens (tertiary/aromatic N) is 1. The van der Waals surface area contributed by atoms with Crippen molar-refractivity contribution in [1.29, 1.82) is 0 Å². The number of likely N-dealkylation sites (N-methyl/N-ethyl adjacent to an activating group) is 1. The van der Waals surface area contributed by atoms with E-state index in [2.05, 4.69) is 5.32 Å². The van der Waals surface area contributed by atoms with Gasteiger partial charge in [-0.05, 0) is 47.9 Å². The molecular formula is C26H26ClFN2O2. The Morgan fingerprint density at radius 2 is 1.53 bits per heavy atom. The monoisotopic (exact) mass is 452 g/mol. The van der Waals surface area contributed by atoms with E-state index in [4.69, 9.17) is 11.6 Å². The molecular weight excluding hydrogens is 427 g/mol. The van der Waals surface area contributed by atoms with Crippen LogP contribution >= 0.6 is 11.6 Å². The number of carbonyl (C=O) groups excluding carboxylic acids is 2. The summed E-state index contributed by atoms with van der Waals surface area (Å²) >= 11 is 6.02. The lowest BCUT2D eigenvalue weighted by molar-refractivity contribution is -0.140. The second-order valence-corrected chi connectivity index (χ2v) is 7.99. The van der Waals surface area contributed by atoms with Crippen molar-refractivity contribution in [2.24, 2.45) is 0 Å². The summed E-state index contributed by atoms with van der Waals surface area (Å²) in [5.41, 5.74) is 2.51. The summed E-state index contributed by atoms with van der Waals surface area (Å²) in [6, 6.07) is 22.0. The summed E-state index contributed by atoms with van der Waals surface area (Å²) in [6.45, 7) is 2.57. The van der Waals surface area contributed by atoms with Crippen molar-refractivity contribution in [1.82, 2.24) is 10.2 Å². The summed E-state index contributed by atoms with van der Waals surface area (Å²) in [5, 5.41) is 3.46. The van der Waals surface area contributed by atoms with E-state index >= 15 is 0 Å². The highest BCUT2D eigenvalue weighted by Crippen LogP contribution is 2.18. The van der Waals surface area contributed by atoms with E-state index in [0.717, 1.165) is 11.1 Å². The topological polar surface area (TPSA) is 49.4 Å². The van der Waals surface area contributed by atoms with Crippen LogP contribution in [0.15, 0.2) is 78.9 Å². The number of nitrogens with one attached hydrogen (secondary N) is 1. The molecule has 0 heterocycles. The number of carbonyl (C=O) groups is 2. The standard InChI is InChI=1S/C26H26ClFN2O2/c1-2-29-26(32)24(16-19-6-4-3-5-7-19)30(18-21-8-12-22(27)13-9-21)25(31)17-20-10-14-23(28)15-11-20/h3-15,24H,2,16-18H2,1H3,(H,29,32)/t24-/m0/s1. The third-order valence-electron chi connectivity index (χ3n) is 5.16. The first kappa shape index (κ1) is 23.5. The minimum Gasteiger partial charge on any atom is -0.355 e. The molecule has 32 heavy (non-hydrogen) atoms. The third-order valence-corrected chi connectivity index (χ3v) is 5.41. The average Bonchev–Trinajstić information content (AvgIpc) is 2.79. The molecule has 0 aliphatic carbocycles. The molecule has 0 bridgehead atoms. The van der Waals surface area contributed by atoms with E-state index in [-0.39, 0.29) is 30.6 Å². The van der Waals surface area contributed by atoms with Gasteiger partial charge in [0.05, 0.1) is 6.42 Å². The minimum atomic E-state index is -0.694. The molecule has 0 fully saturated rings. The zero-order valence-corrected chi connectivity index (χ0v) is 18.7. The van der Waals surface area contributed by atoms with Crippen LogP contribution in [-0.2, 0) is 29.0 Å². The molecule has 0 unspecified atom stereocenters. The quantitative estimate of drug-likeness (QED) is 0.507. The van der Waals surface area contributed by atoms with Crippen LogP contribution in [0.1, 0.15) is 23.6 Å². The van der Waals surface area contributed by atoms with Gasteiger partial charge in [-0.1, -0.05) is 66.2 Å². The van der Waals surface area contributed by atoms with Gasteiger partial charge in [-0.25, -0.2) is 4.39 Å². The maximum atomic E-state index is 13.4. The number of amides is 2. The Labute approximate surface area is 193 Å². The van der Waals surface area contributed by atoms with Gasteiger partial charge < -0.3 is 10.2 Å². The second-order valence-electron chi connectivity index (χ2n) is 7.55. The highest BCUT2D eigenvalue weighted by Gasteiger charge is 2.30. The van der Waals surface area contributed by atoms with Crippen LogP contribution < -0.4 is 5.32 Å². The van der Waals surface area contributed by atoms with Crippen molar-refractivity contribution in [2.75, 3.05) is 6.54 Å². The molecule has 4 nitrogen and oxygen atoms in total. The predicted octanol–water partition coefficient (Wildman–Crippen LogP) is 4.80. The Balaban J connectivity index is 1.93. The molecule has 6 heteroatoms. The van der Waals surface area contributed by atoms with E-state index in [1.165, 1.54) is 12.1 Å². The zero-order valence-electron chi connectivity index (χ0n) is 17.9. The van der Waals surface area contributed by atoms with Crippen molar-refractivity contribution in [3.8, 4) is 0 Å². The second kappa shape index (κ2) is 11.4. The first-order valence-electron chi connectivity index (χ1n) is 10.6. The molecule has 0 aromatic heterocycles. The van der Waals surface area contributed by atoms with Gasteiger partial charge in [-0.3, -0.25) is 9.59 Å². The van der Waals surface area contributed by atoms with Gasteiger partial charge in [0.25, 0.3) is 0 Å². The number of halogens is 2. The van der Waals surface area contributed by atoms with Crippen LogP contribution in [0.2, 0.25) is 5.02 Å². The average molecular weight is 453 g/mol. The van der Waals surface area contributed by atoms with Gasteiger partial charge in [0.1, 0.15) is 11.9 Å².